The van der Waals surface area contributed by atoms with Crippen LogP contribution in [0.3, 0.4) is 0 Å². The molecule has 0 aromatic heterocycles. The quantitative estimate of drug-likeness (QED) is 0.767. The summed E-state index contributed by atoms with van der Waals surface area (Å²) in [7, 11) is 0. The summed E-state index contributed by atoms with van der Waals surface area (Å²) < 4.78 is 0. The molecule has 0 spiro atoms. The van der Waals surface area contributed by atoms with Crippen molar-refractivity contribution in [3.63, 3.8) is 0 Å². The van der Waals surface area contributed by atoms with Gasteiger partial charge < -0.3 is 5.73 Å². The number of amides is 1. The molecule has 1 aromatic carbocycles. The molecule has 1 rings (SSSR count). The molecule has 0 atom stereocenters. The molecule has 1 amide bonds. The van der Waals surface area contributed by atoms with E-state index in [0.29, 0.717) is 11.5 Å². The molecule has 0 saturated heterocycles. The molecule has 2 nitrogen and oxygen atoms in total. The average Bonchev–Trinajstić information content (AvgIpc) is 2.01. The lowest BCUT2D eigenvalue weighted by Gasteiger charge is -2.14. The van der Waals surface area contributed by atoms with Gasteiger partial charge in [-0.2, -0.15) is 0 Å². The number of carbonyl (C=O) groups is 1. The molecule has 0 fully saturated rings. The van der Waals surface area contributed by atoms with E-state index in [2.05, 4.69) is 13.8 Å². The fourth-order valence-electron chi connectivity index (χ4n) is 2.03. The van der Waals surface area contributed by atoms with Crippen molar-refractivity contribution in [1.29, 1.82) is 0 Å². The highest BCUT2D eigenvalue weighted by Gasteiger charge is 2.10. The Hall–Kier alpha value is -1.31. The maximum Gasteiger partial charge on any atom is 0.248 e. The second kappa shape index (κ2) is 3.82. The van der Waals surface area contributed by atoms with Crippen molar-refractivity contribution in [2.75, 3.05) is 0 Å². The van der Waals surface area contributed by atoms with Gasteiger partial charge in [-0.1, -0.05) is 13.8 Å². The van der Waals surface area contributed by atoms with Gasteiger partial charge in [-0.05, 0) is 48.6 Å². The minimum Gasteiger partial charge on any atom is -0.366 e. The summed E-state index contributed by atoms with van der Waals surface area (Å²) in [5, 5.41) is 0. The average molecular weight is 191 g/mol. The van der Waals surface area contributed by atoms with E-state index < -0.39 is 0 Å². The summed E-state index contributed by atoms with van der Waals surface area (Å²) in [5.41, 5.74) is 9.45. The number of benzene rings is 1. The first-order valence-corrected chi connectivity index (χ1v) is 4.84. The van der Waals surface area contributed by atoms with E-state index in [1.807, 2.05) is 26.0 Å². The minimum atomic E-state index is -0.355. The van der Waals surface area contributed by atoms with Crippen LogP contribution in [0, 0.1) is 13.8 Å². The minimum absolute atomic E-state index is 0.355. The van der Waals surface area contributed by atoms with Gasteiger partial charge in [-0.3, -0.25) is 4.79 Å². The topological polar surface area (TPSA) is 43.1 Å². The van der Waals surface area contributed by atoms with E-state index >= 15 is 0 Å². The number of hydrogen-bond donors (Lipinski definition) is 1. The molecule has 0 heterocycles. The molecule has 0 radical (unpaired) electrons. The predicted octanol–water partition coefficient (Wildman–Crippen LogP) is 2.53. The predicted molar refractivity (Wildman–Crippen MR) is 58.5 cm³/mol. The third-order valence-electron chi connectivity index (χ3n) is 2.46. The molecule has 0 aliphatic carbocycles. The first-order valence-electron chi connectivity index (χ1n) is 4.84. The van der Waals surface area contributed by atoms with Crippen molar-refractivity contribution in [1.82, 2.24) is 0 Å². The summed E-state index contributed by atoms with van der Waals surface area (Å²) in [6.07, 6.45) is 0. The highest BCUT2D eigenvalue weighted by molar-refractivity contribution is 5.93. The van der Waals surface area contributed by atoms with Gasteiger partial charge in [0.2, 0.25) is 5.91 Å². The molecule has 0 aliphatic heterocycles. The van der Waals surface area contributed by atoms with E-state index in [1.54, 1.807) is 0 Å². The first-order chi connectivity index (χ1) is 6.43. The fraction of sp³-hybridized carbons (Fsp3) is 0.417. The molecule has 14 heavy (non-hydrogen) atoms. The van der Waals surface area contributed by atoms with Gasteiger partial charge in [0.25, 0.3) is 0 Å². The van der Waals surface area contributed by atoms with E-state index in [9.17, 15) is 4.79 Å². The van der Waals surface area contributed by atoms with Crippen LogP contribution in [0.4, 0.5) is 0 Å². The molecule has 0 bridgehead atoms. The molecule has 0 saturated carbocycles. The Morgan fingerprint density at radius 3 is 1.93 bits per heavy atom. The Morgan fingerprint density at radius 1 is 1.21 bits per heavy atom. The van der Waals surface area contributed by atoms with Crippen molar-refractivity contribution in [2.24, 2.45) is 5.73 Å². The van der Waals surface area contributed by atoms with Crippen LogP contribution in [-0.4, -0.2) is 5.91 Å². The summed E-state index contributed by atoms with van der Waals surface area (Å²) in [6, 6.07) is 3.73. The van der Waals surface area contributed by atoms with Crippen molar-refractivity contribution in [3.05, 3.63) is 34.4 Å². The smallest absolute Gasteiger partial charge is 0.248 e. The molecular weight excluding hydrogens is 174 g/mol. The molecule has 1 aromatic rings. The molecule has 2 N–H and O–H groups in total. The van der Waals surface area contributed by atoms with Crippen molar-refractivity contribution in [3.8, 4) is 0 Å². The van der Waals surface area contributed by atoms with Crippen molar-refractivity contribution < 1.29 is 4.79 Å². The Morgan fingerprint density at radius 2 is 1.64 bits per heavy atom. The normalized spacial score (nSPS) is 10.6. The maximum absolute atomic E-state index is 11.0. The van der Waals surface area contributed by atoms with Gasteiger partial charge in [0.15, 0.2) is 0 Å². The molecular formula is C12H17NO. The van der Waals surface area contributed by atoms with Crippen LogP contribution < -0.4 is 5.73 Å². The number of hydrogen-bond acceptors (Lipinski definition) is 1. The van der Waals surface area contributed by atoms with Gasteiger partial charge in [-0.25, -0.2) is 0 Å². The van der Waals surface area contributed by atoms with Crippen LogP contribution in [0.15, 0.2) is 12.1 Å². The lowest BCUT2D eigenvalue weighted by atomic mass is 9.91. The van der Waals surface area contributed by atoms with Crippen LogP contribution in [0.1, 0.15) is 46.8 Å². The van der Waals surface area contributed by atoms with Crippen molar-refractivity contribution in [2.45, 2.75) is 33.6 Å². The lowest BCUT2D eigenvalue weighted by Crippen LogP contribution is -2.12. The highest BCUT2D eigenvalue weighted by Crippen LogP contribution is 2.24. The summed E-state index contributed by atoms with van der Waals surface area (Å²) in [4.78, 5) is 11.0. The molecule has 76 valence electrons. The lowest BCUT2D eigenvalue weighted by molar-refractivity contribution is 0.1000. The third-order valence-corrected chi connectivity index (χ3v) is 2.46. The molecule has 2 heteroatoms. The zero-order valence-corrected chi connectivity index (χ0v) is 9.22. The second-order valence-electron chi connectivity index (χ2n) is 4.04. The SMILES string of the molecule is Cc1cc(C(N)=O)cc(C)c1C(C)C. The van der Waals surface area contributed by atoms with E-state index in [0.717, 1.165) is 11.1 Å². The largest absolute Gasteiger partial charge is 0.366 e. The zero-order valence-electron chi connectivity index (χ0n) is 9.22. The van der Waals surface area contributed by atoms with Crippen molar-refractivity contribution >= 4 is 5.91 Å². The number of nitrogens with two attached hydrogens (primary N) is 1. The number of primary amides is 1. The van der Waals surface area contributed by atoms with Crippen LogP contribution in [0.2, 0.25) is 0 Å². The molecule has 0 aliphatic rings. The Balaban J connectivity index is 3.32. The first kappa shape index (κ1) is 10.8. The van der Waals surface area contributed by atoms with Gasteiger partial charge in [0.1, 0.15) is 0 Å². The van der Waals surface area contributed by atoms with E-state index in [-0.39, 0.29) is 5.91 Å². The summed E-state index contributed by atoms with van der Waals surface area (Å²) >= 11 is 0. The zero-order chi connectivity index (χ0) is 10.9. The van der Waals surface area contributed by atoms with E-state index in [1.165, 1.54) is 5.56 Å². The summed E-state index contributed by atoms with van der Waals surface area (Å²) in [6.45, 7) is 8.35. The standard InChI is InChI=1S/C12H17NO/c1-7(2)11-8(3)5-10(12(13)14)6-9(11)4/h5-7H,1-4H3,(H2,13,14). The Kier molecular flexibility index (Phi) is 2.94. The second-order valence-corrected chi connectivity index (χ2v) is 4.04. The van der Waals surface area contributed by atoms with Crippen LogP contribution in [-0.2, 0) is 0 Å². The van der Waals surface area contributed by atoms with Crippen LogP contribution in [0.5, 0.6) is 0 Å². The van der Waals surface area contributed by atoms with Crippen LogP contribution in [0.25, 0.3) is 0 Å². The van der Waals surface area contributed by atoms with Gasteiger partial charge in [-0.15, -0.1) is 0 Å². The number of carbonyl (C=O) groups excluding carboxylic acids is 1. The maximum atomic E-state index is 11.0. The number of rotatable bonds is 2. The summed E-state index contributed by atoms with van der Waals surface area (Å²) in [5.74, 6) is 0.128. The Bertz CT molecular complexity index is 344. The van der Waals surface area contributed by atoms with Gasteiger partial charge in [0, 0.05) is 5.56 Å². The van der Waals surface area contributed by atoms with E-state index in [4.69, 9.17) is 5.73 Å². The van der Waals surface area contributed by atoms with Gasteiger partial charge >= 0.3 is 0 Å². The highest BCUT2D eigenvalue weighted by atomic mass is 16.1. The monoisotopic (exact) mass is 191 g/mol. The third kappa shape index (κ3) is 1.95. The Labute approximate surface area is 85.1 Å². The molecule has 0 unspecified atom stereocenters. The fourth-order valence-corrected chi connectivity index (χ4v) is 2.03. The number of aryl methyl sites for hydroxylation is 2. The van der Waals surface area contributed by atoms with Gasteiger partial charge in [0.05, 0.1) is 0 Å². The van der Waals surface area contributed by atoms with Crippen LogP contribution >= 0.6 is 0 Å².